The number of hydrogen-bond acceptors (Lipinski definition) is 5. The Bertz CT molecular complexity index is 1460. The molecule has 7 nitrogen and oxygen atoms in total. The van der Waals surface area contributed by atoms with Gasteiger partial charge in [0.2, 0.25) is 5.95 Å². The number of fused-ring (bicyclic) bond motifs is 1. The average molecular weight is 482 g/mol. The van der Waals surface area contributed by atoms with Crippen LogP contribution in [-0.2, 0) is 16.0 Å². The lowest BCUT2D eigenvalue weighted by atomic mass is 9.93. The molecule has 0 fully saturated rings. The van der Waals surface area contributed by atoms with Gasteiger partial charge in [-0.3, -0.25) is 14.5 Å². The number of methoxy groups -OCH3 is 1. The molecule has 0 saturated heterocycles. The van der Waals surface area contributed by atoms with Gasteiger partial charge in [-0.15, -0.1) is 0 Å². The Kier molecular flexibility index (Phi) is 6.06. The quantitative estimate of drug-likeness (QED) is 0.374. The van der Waals surface area contributed by atoms with Crippen molar-refractivity contribution in [1.29, 1.82) is 0 Å². The summed E-state index contributed by atoms with van der Waals surface area (Å²) >= 11 is 0. The Hall–Kier alpha value is -4.39. The first-order valence-electron chi connectivity index (χ1n) is 11.8. The summed E-state index contributed by atoms with van der Waals surface area (Å²) < 4.78 is 5.39. The number of ketones is 1. The van der Waals surface area contributed by atoms with Crippen LogP contribution in [0.5, 0.6) is 5.75 Å². The minimum Gasteiger partial charge on any atom is -0.503 e. The molecule has 4 aromatic rings. The number of carbonyl (C=O) groups excluding carboxylic acids is 2. The van der Waals surface area contributed by atoms with Gasteiger partial charge in [-0.1, -0.05) is 42.5 Å². The van der Waals surface area contributed by atoms with Gasteiger partial charge in [0.25, 0.3) is 5.91 Å². The molecule has 1 aliphatic heterocycles. The van der Waals surface area contributed by atoms with Gasteiger partial charge >= 0.3 is 0 Å². The summed E-state index contributed by atoms with van der Waals surface area (Å²) in [5, 5.41) is 11.0. The van der Waals surface area contributed by atoms with Crippen molar-refractivity contribution in [2.45, 2.75) is 32.7 Å². The van der Waals surface area contributed by atoms with Crippen LogP contribution in [0.1, 0.15) is 34.7 Å². The average Bonchev–Trinajstić information content (AvgIpc) is 3.40. The van der Waals surface area contributed by atoms with E-state index < -0.39 is 17.7 Å². The molecule has 3 aromatic carbocycles. The van der Waals surface area contributed by atoms with Gasteiger partial charge < -0.3 is 14.8 Å². The lowest BCUT2D eigenvalue weighted by Crippen LogP contribution is -2.32. The Morgan fingerprint density at radius 2 is 1.81 bits per heavy atom. The van der Waals surface area contributed by atoms with Crippen LogP contribution in [0.4, 0.5) is 5.95 Å². The second-order valence-electron chi connectivity index (χ2n) is 9.04. The molecule has 0 saturated carbocycles. The lowest BCUT2D eigenvalue weighted by molar-refractivity contribution is -0.118. The highest BCUT2D eigenvalue weighted by Gasteiger charge is 2.45. The molecule has 5 rings (SSSR count). The maximum atomic E-state index is 13.5. The van der Waals surface area contributed by atoms with Crippen LogP contribution in [0.15, 0.2) is 78.1 Å². The second kappa shape index (κ2) is 9.34. The highest BCUT2D eigenvalue weighted by atomic mass is 16.5. The van der Waals surface area contributed by atoms with Crippen molar-refractivity contribution in [2.24, 2.45) is 0 Å². The topological polar surface area (TPSA) is 95.5 Å². The van der Waals surface area contributed by atoms with E-state index in [0.717, 1.165) is 22.2 Å². The molecule has 182 valence electrons. The highest BCUT2D eigenvalue weighted by Crippen LogP contribution is 2.41. The maximum absolute atomic E-state index is 13.5. The van der Waals surface area contributed by atoms with Crippen molar-refractivity contribution >= 4 is 28.7 Å². The number of anilines is 1. The van der Waals surface area contributed by atoms with Gasteiger partial charge in [0.1, 0.15) is 5.75 Å². The number of aromatic nitrogens is 2. The van der Waals surface area contributed by atoms with Crippen LogP contribution in [0.25, 0.3) is 11.0 Å². The third-order valence-corrected chi connectivity index (χ3v) is 6.71. The Morgan fingerprint density at radius 3 is 2.56 bits per heavy atom. The summed E-state index contributed by atoms with van der Waals surface area (Å²) in [6.45, 7) is 4.01. The first-order valence-corrected chi connectivity index (χ1v) is 11.8. The Labute approximate surface area is 209 Å². The number of carbonyl (C=O) groups is 2. The highest BCUT2D eigenvalue weighted by molar-refractivity contribution is 6.16. The van der Waals surface area contributed by atoms with Crippen molar-refractivity contribution in [3.05, 3.63) is 100 Å². The summed E-state index contributed by atoms with van der Waals surface area (Å²) in [4.78, 5) is 36.1. The largest absolute Gasteiger partial charge is 0.503 e. The third kappa shape index (κ3) is 4.13. The monoisotopic (exact) mass is 481 g/mol. The van der Waals surface area contributed by atoms with E-state index in [9.17, 15) is 14.7 Å². The molecule has 1 unspecified atom stereocenters. The number of Topliss-reactive ketones (excluding diaryl/α,β-unsaturated/α-hetero) is 1. The van der Waals surface area contributed by atoms with Crippen LogP contribution in [0.2, 0.25) is 0 Å². The second-order valence-corrected chi connectivity index (χ2v) is 9.04. The first-order chi connectivity index (χ1) is 17.4. The number of aromatic amines is 1. The summed E-state index contributed by atoms with van der Waals surface area (Å²) in [6.07, 6.45) is 0.655. The molecular weight excluding hydrogens is 454 g/mol. The number of nitrogens with zero attached hydrogens (tertiary/aromatic N) is 2. The Balaban J connectivity index is 1.58. The number of rotatable bonds is 7. The molecular formula is C29H27N3O4. The number of aliphatic hydroxyl groups is 1. The summed E-state index contributed by atoms with van der Waals surface area (Å²) in [6, 6.07) is 19.9. The predicted molar refractivity (Wildman–Crippen MR) is 138 cm³/mol. The van der Waals surface area contributed by atoms with Crippen molar-refractivity contribution in [3.8, 4) is 5.75 Å². The molecule has 7 heteroatoms. The van der Waals surface area contributed by atoms with Crippen molar-refractivity contribution in [1.82, 2.24) is 9.97 Å². The number of H-pyrrole nitrogens is 1. The number of ether oxygens (including phenoxy) is 1. The van der Waals surface area contributed by atoms with E-state index in [2.05, 4.69) is 9.97 Å². The summed E-state index contributed by atoms with van der Waals surface area (Å²) in [7, 11) is 1.56. The van der Waals surface area contributed by atoms with E-state index in [4.69, 9.17) is 4.74 Å². The zero-order chi connectivity index (χ0) is 25.4. The van der Waals surface area contributed by atoms with Crippen LogP contribution < -0.4 is 9.64 Å². The molecule has 1 aliphatic rings. The van der Waals surface area contributed by atoms with E-state index in [1.165, 1.54) is 4.90 Å². The summed E-state index contributed by atoms with van der Waals surface area (Å²) in [5.74, 6) is -0.654. The smallest absolute Gasteiger partial charge is 0.296 e. The fourth-order valence-electron chi connectivity index (χ4n) is 4.64. The molecule has 0 spiro atoms. The van der Waals surface area contributed by atoms with Crippen LogP contribution in [-0.4, -0.2) is 33.9 Å². The lowest BCUT2D eigenvalue weighted by Gasteiger charge is -2.25. The fraction of sp³-hybridized carbons (Fsp3) is 0.207. The molecule has 1 amide bonds. The van der Waals surface area contributed by atoms with Gasteiger partial charge in [-0.2, -0.15) is 0 Å². The molecule has 0 aliphatic carbocycles. The SMILES string of the molecule is COc1cccc(C2C(C(=O)CCc3ccccc3)=C(O)C(=O)N2c2nc3cc(C)c(C)cc3[nH]2)c1. The number of nitrogens with one attached hydrogen (secondary N) is 1. The third-order valence-electron chi connectivity index (χ3n) is 6.71. The molecule has 2 heterocycles. The minimum absolute atomic E-state index is 0.0667. The molecule has 1 atom stereocenters. The number of aliphatic hydroxyl groups excluding tert-OH is 1. The van der Waals surface area contributed by atoms with E-state index in [-0.39, 0.29) is 23.7 Å². The van der Waals surface area contributed by atoms with Crippen LogP contribution >= 0.6 is 0 Å². The van der Waals surface area contributed by atoms with Gasteiger partial charge in [0.15, 0.2) is 11.5 Å². The van der Waals surface area contributed by atoms with Gasteiger partial charge in [0.05, 0.1) is 29.8 Å². The molecule has 1 aromatic heterocycles. The minimum atomic E-state index is -0.848. The van der Waals surface area contributed by atoms with Crippen molar-refractivity contribution in [2.75, 3.05) is 12.0 Å². The maximum Gasteiger partial charge on any atom is 0.296 e. The Morgan fingerprint density at radius 1 is 1.06 bits per heavy atom. The fourth-order valence-corrected chi connectivity index (χ4v) is 4.64. The van der Waals surface area contributed by atoms with E-state index in [1.807, 2.05) is 62.4 Å². The summed E-state index contributed by atoms with van der Waals surface area (Å²) in [5.41, 5.74) is 5.36. The number of aryl methyl sites for hydroxylation is 3. The predicted octanol–water partition coefficient (Wildman–Crippen LogP) is 5.29. The molecule has 2 N–H and O–H groups in total. The van der Waals surface area contributed by atoms with Gasteiger partial charge in [-0.25, -0.2) is 4.98 Å². The van der Waals surface area contributed by atoms with Gasteiger partial charge in [0, 0.05) is 6.42 Å². The zero-order valence-corrected chi connectivity index (χ0v) is 20.4. The molecule has 0 radical (unpaired) electrons. The van der Waals surface area contributed by atoms with E-state index >= 15 is 0 Å². The number of hydrogen-bond donors (Lipinski definition) is 2. The molecule has 36 heavy (non-hydrogen) atoms. The van der Waals surface area contributed by atoms with Crippen molar-refractivity contribution in [3.63, 3.8) is 0 Å². The molecule has 0 bridgehead atoms. The van der Waals surface area contributed by atoms with E-state index in [1.54, 1.807) is 25.3 Å². The zero-order valence-electron chi connectivity index (χ0n) is 20.4. The number of amides is 1. The van der Waals surface area contributed by atoms with Crippen LogP contribution in [0, 0.1) is 13.8 Å². The first kappa shape index (κ1) is 23.4. The number of imidazole rings is 1. The number of benzene rings is 3. The standard InChI is InChI=1S/C29H27N3O4/c1-17-14-22-23(15-18(17)2)31-29(30-22)32-26(20-10-7-11-21(16-20)36-3)25(27(34)28(32)35)24(33)13-12-19-8-5-4-6-9-19/h4-11,14-16,26,34H,12-13H2,1-3H3,(H,30,31). The van der Waals surface area contributed by atoms with Crippen LogP contribution in [0.3, 0.4) is 0 Å². The van der Waals surface area contributed by atoms with Crippen molar-refractivity contribution < 1.29 is 19.4 Å². The van der Waals surface area contributed by atoms with Gasteiger partial charge in [-0.05, 0) is 66.8 Å². The normalized spacial score (nSPS) is 15.7. The van der Waals surface area contributed by atoms with E-state index in [0.29, 0.717) is 23.3 Å².